The van der Waals surface area contributed by atoms with Gasteiger partial charge in [-0.25, -0.2) is 9.78 Å². The molecule has 0 spiro atoms. The number of rotatable bonds is 2. The molecule has 0 bridgehead atoms. The smallest absolute Gasteiger partial charge is 0.360 e. The fourth-order valence-electron chi connectivity index (χ4n) is 2.42. The number of hydrogen-bond acceptors (Lipinski definition) is 5. The lowest BCUT2D eigenvalue weighted by atomic mass is 9.93. The Kier molecular flexibility index (Phi) is 5.21. The third kappa shape index (κ3) is 3.67. The van der Waals surface area contributed by atoms with E-state index in [-0.39, 0.29) is 23.4 Å². The lowest BCUT2D eigenvalue weighted by Gasteiger charge is -2.29. The summed E-state index contributed by atoms with van der Waals surface area (Å²) in [5.41, 5.74) is 0.229. The number of ether oxygens (including phenoxy) is 1. The molecule has 118 valence electrons. The Morgan fingerprint density at radius 3 is 2.68 bits per heavy atom. The van der Waals surface area contributed by atoms with Crippen LogP contribution in [0.15, 0.2) is 10.8 Å². The molecule has 1 aromatic heterocycles. The summed E-state index contributed by atoms with van der Waals surface area (Å²) < 4.78 is 10.1. The largest absolute Gasteiger partial charge is 0.464 e. The Bertz CT molecular complexity index is 601. The molecule has 2 heterocycles. The van der Waals surface area contributed by atoms with Crippen molar-refractivity contribution in [2.45, 2.75) is 32.6 Å². The highest BCUT2D eigenvalue weighted by Crippen LogP contribution is 2.30. The van der Waals surface area contributed by atoms with E-state index in [1.807, 2.05) is 13.8 Å². The van der Waals surface area contributed by atoms with Crippen LogP contribution >= 0.6 is 0 Å². The zero-order valence-corrected chi connectivity index (χ0v) is 13.1. The van der Waals surface area contributed by atoms with E-state index in [0.29, 0.717) is 31.7 Å². The normalized spacial score (nSPS) is 15.4. The van der Waals surface area contributed by atoms with E-state index in [1.54, 1.807) is 4.90 Å². The zero-order valence-electron chi connectivity index (χ0n) is 13.1. The molecule has 1 saturated heterocycles. The van der Waals surface area contributed by atoms with Crippen LogP contribution in [-0.2, 0) is 9.53 Å². The molecule has 1 aliphatic heterocycles. The second-order valence-corrected chi connectivity index (χ2v) is 5.55. The van der Waals surface area contributed by atoms with Crippen LogP contribution in [0.2, 0.25) is 0 Å². The summed E-state index contributed by atoms with van der Waals surface area (Å²) in [6, 6.07) is 0. The van der Waals surface area contributed by atoms with Crippen molar-refractivity contribution in [1.82, 2.24) is 9.88 Å². The number of likely N-dealkylation sites (tertiary alicyclic amines) is 1. The molecule has 1 aliphatic rings. The van der Waals surface area contributed by atoms with Crippen molar-refractivity contribution >= 4 is 11.9 Å². The van der Waals surface area contributed by atoms with Crippen molar-refractivity contribution in [2.24, 2.45) is 5.92 Å². The van der Waals surface area contributed by atoms with E-state index in [2.05, 4.69) is 16.8 Å². The van der Waals surface area contributed by atoms with Gasteiger partial charge in [0.05, 0.1) is 7.11 Å². The Balaban J connectivity index is 1.99. The first-order valence-corrected chi connectivity index (χ1v) is 7.35. The Hall–Kier alpha value is -2.29. The number of hydrogen-bond donors (Lipinski definition) is 0. The van der Waals surface area contributed by atoms with E-state index < -0.39 is 5.97 Å². The van der Waals surface area contributed by atoms with Crippen molar-refractivity contribution in [3.05, 3.63) is 17.8 Å². The van der Waals surface area contributed by atoms with Crippen LogP contribution in [0.25, 0.3) is 0 Å². The van der Waals surface area contributed by atoms with Gasteiger partial charge in [0.2, 0.25) is 0 Å². The maximum atomic E-state index is 12.0. The number of oxazole rings is 1. The van der Waals surface area contributed by atoms with Crippen LogP contribution < -0.4 is 0 Å². The first-order valence-electron chi connectivity index (χ1n) is 7.35. The SMILES string of the molecule is COC(=O)c1ncoc1C1CCN(C(=O)C#CC(C)C)CC1. The van der Waals surface area contributed by atoms with Crippen LogP contribution in [0, 0.1) is 17.8 Å². The predicted molar refractivity (Wildman–Crippen MR) is 79.0 cm³/mol. The van der Waals surface area contributed by atoms with Crippen molar-refractivity contribution < 1.29 is 18.7 Å². The van der Waals surface area contributed by atoms with Gasteiger partial charge in [0.1, 0.15) is 5.76 Å². The van der Waals surface area contributed by atoms with Gasteiger partial charge in [0.25, 0.3) is 5.91 Å². The minimum Gasteiger partial charge on any atom is -0.464 e. The first kappa shape index (κ1) is 16.1. The van der Waals surface area contributed by atoms with Crippen molar-refractivity contribution in [3.63, 3.8) is 0 Å². The van der Waals surface area contributed by atoms with E-state index >= 15 is 0 Å². The van der Waals surface area contributed by atoms with Crippen LogP contribution in [0.5, 0.6) is 0 Å². The van der Waals surface area contributed by atoms with E-state index in [9.17, 15) is 9.59 Å². The highest BCUT2D eigenvalue weighted by molar-refractivity contribution is 5.93. The lowest BCUT2D eigenvalue weighted by molar-refractivity contribution is -0.126. The maximum absolute atomic E-state index is 12.0. The summed E-state index contributed by atoms with van der Waals surface area (Å²) in [4.78, 5) is 29.2. The van der Waals surface area contributed by atoms with Gasteiger partial charge in [0, 0.05) is 24.9 Å². The fraction of sp³-hybridized carbons (Fsp3) is 0.562. The molecule has 0 saturated carbocycles. The number of piperidine rings is 1. The fourth-order valence-corrected chi connectivity index (χ4v) is 2.42. The van der Waals surface area contributed by atoms with Gasteiger partial charge in [-0.15, -0.1) is 0 Å². The van der Waals surface area contributed by atoms with Gasteiger partial charge in [-0.3, -0.25) is 4.79 Å². The van der Waals surface area contributed by atoms with E-state index in [0.717, 1.165) is 0 Å². The Morgan fingerprint density at radius 2 is 2.09 bits per heavy atom. The number of carbonyl (C=O) groups is 2. The average molecular weight is 304 g/mol. The second-order valence-electron chi connectivity index (χ2n) is 5.55. The number of carbonyl (C=O) groups excluding carboxylic acids is 2. The number of esters is 1. The second kappa shape index (κ2) is 7.12. The molecule has 2 rings (SSSR count). The van der Waals surface area contributed by atoms with Crippen molar-refractivity contribution in [2.75, 3.05) is 20.2 Å². The van der Waals surface area contributed by atoms with Crippen molar-refractivity contribution in [1.29, 1.82) is 0 Å². The van der Waals surface area contributed by atoms with Gasteiger partial charge in [-0.2, -0.15) is 0 Å². The summed E-state index contributed by atoms with van der Waals surface area (Å²) in [6.07, 6.45) is 2.69. The van der Waals surface area contributed by atoms with Gasteiger partial charge >= 0.3 is 5.97 Å². The highest BCUT2D eigenvalue weighted by atomic mass is 16.5. The maximum Gasteiger partial charge on any atom is 0.360 e. The number of amides is 1. The van der Waals surface area contributed by atoms with Gasteiger partial charge in [-0.1, -0.05) is 19.8 Å². The summed E-state index contributed by atoms with van der Waals surface area (Å²) in [5, 5.41) is 0. The van der Waals surface area contributed by atoms with Gasteiger partial charge in [0.15, 0.2) is 12.1 Å². The molecule has 0 aliphatic carbocycles. The highest BCUT2D eigenvalue weighted by Gasteiger charge is 2.29. The molecule has 6 heteroatoms. The standard InChI is InChI=1S/C16H20N2O4/c1-11(2)4-5-13(19)18-8-6-12(7-9-18)15-14(16(20)21-3)17-10-22-15/h10-12H,6-9H2,1-3H3. The number of aromatic nitrogens is 1. The van der Waals surface area contributed by atoms with Crippen LogP contribution in [0.3, 0.4) is 0 Å². The molecule has 1 amide bonds. The minimum absolute atomic E-state index is 0.0682. The summed E-state index contributed by atoms with van der Waals surface area (Å²) >= 11 is 0. The number of nitrogens with zero attached hydrogens (tertiary/aromatic N) is 2. The van der Waals surface area contributed by atoms with Gasteiger partial charge < -0.3 is 14.1 Å². The van der Waals surface area contributed by atoms with Crippen LogP contribution in [-0.4, -0.2) is 42.0 Å². The average Bonchev–Trinajstić information content (AvgIpc) is 3.01. The summed E-state index contributed by atoms with van der Waals surface area (Å²) in [7, 11) is 1.31. The molecule has 0 N–H and O–H groups in total. The molecule has 6 nitrogen and oxygen atoms in total. The van der Waals surface area contributed by atoms with Gasteiger partial charge in [-0.05, 0) is 18.8 Å². The third-order valence-corrected chi connectivity index (χ3v) is 3.59. The minimum atomic E-state index is -0.495. The van der Waals surface area contributed by atoms with Crippen molar-refractivity contribution in [3.8, 4) is 11.8 Å². The molecule has 1 aromatic rings. The molecular weight excluding hydrogens is 284 g/mol. The molecule has 1 fully saturated rings. The molecule has 22 heavy (non-hydrogen) atoms. The predicted octanol–water partition coefficient (Wildman–Crippen LogP) is 1.83. The molecule has 0 radical (unpaired) electrons. The number of methoxy groups -OCH3 is 1. The zero-order chi connectivity index (χ0) is 16.1. The molecule has 0 aromatic carbocycles. The van der Waals surface area contributed by atoms with E-state index in [4.69, 9.17) is 9.15 Å². The van der Waals surface area contributed by atoms with E-state index in [1.165, 1.54) is 13.5 Å². The summed E-state index contributed by atoms with van der Waals surface area (Å²) in [6.45, 7) is 5.09. The molecule has 0 atom stereocenters. The quantitative estimate of drug-likeness (QED) is 0.615. The topological polar surface area (TPSA) is 72.6 Å². The Morgan fingerprint density at radius 1 is 1.41 bits per heavy atom. The lowest BCUT2D eigenvalue weighted by Crippen LogP contribution is -2.37. The van der Waals surface area contributed by atoms with Crippen LogP contribution in [0.4, 0.5) is 0 Å². The monoisotopic (exact) mass is 304 g/mol. The first-order chi connectivity index (χ1) is 10.5. The molecule has 0 unspecified atom stereocenters. The summed E-state index contributed by atoms with van der Waals surface area (Å²) in [5.74, 6) is 5.71. The van der Waals surface area contributed by atoms with Crippen LogP contribution in [0.1, 0.15) is 48.9 Å². The Labute approximate surface area is 129 Å². The third-order valence-electron chi connectivity index (χ3n) is 3.59. The molecular formula is C16H20N2O4.